The van der Waals surface area contributed by atoms with E-state index in [1.54, 1.807) is 18.2 Å². The Hall–Kier alpha value is -2.47. The number of halogens is 3. The Balaban J connectivity index is 1.87. The molecule has 2 rings (SSSR count). The fourth-order valence-corrected chi connectivity index (χ4v) is 1.81. The Bertz CT molecular complexity index is 731. The molecule has 0 spiro atoms. The van der Waals surface area contributed by atoms with E-state index in [1.807, 2.05) is 6.92 Å². The lowest BCUT2D eigenvalue weighted by molar-refractivity contribution is -0.123. The fourth-order valence-electron chi connectivity index (χ4n) is 1.69. The van der Waals surface area contributed by atoms with Crippen molar-refractivity contribution in [3.05, 3.63) is 64.2 Å². The smallest absolute Gasteiger partial charge is 0.277 e. The van der Waals surface area contributed by atoms with Crippen molar-refractivity contribution in [2.24, 2.45) is 5.10 Å². The highest BCUT2D eigenvalue weighted by Gasteiger charge is 2.06. The van der Waals surface area contributed by atoms with Crippen molar-refractivity contribution in [2.75, 3.05) is 6.61 Å². The number of hydrogen-bond donors (Lipinski definition) is 1. The number of aryl methyl sites for hydroxylation is 1. The first-order valence-corrected chi connectivity index (χ1v) is 7.00. The molecule has 0 radical (unpaired) electrons. The normalized spacial score (nSPS) is 10.8. The molecule has 0 atom stereocenters. The Morgan fingerprint density at radius 3 is 2.65 bits per heavy atom. The van der Waals surface area contributed by atoms with Gasteiger partial charge in [0, 0.05) is 5.02 Å². The Kier molecular flexibility index (Phi) is 5.65. The van der Waals surface area contributed by atoms with Crippen LogP contribution in [-0.2, 0) is 4.79 Å². The van der Waals surface area contributed by atoms with Crippen LogP contribution in [0.2, 0.25) is 5.02 Å². The summed E-state index contributed by atoms with van der Waals surface area (Å²) in [7, 11) is 0. The summed E-state index contributed by atoms with van der Waals surface area (Å²) in [5.41, 5.74) is 2.61. The molecule has 0 saturated carbocycles. The maximum Gasteiger partial charge on any atom is 0.277 e. The maximum atomic E-state index is 13.3. The summed E-state index contributed by atoms with van der Waals surface area (Å²) < 4.78 is 31.9. The van der Waals surface area contributed by atoms with Gasteiger partial charge in [-0.1, -0.05) is 17.7 Å². The van der Waals surface area contributed by atoms with Crippen LogP contribution in [0.15, 0.2) is 41.5 Å². The minimum absolute atomic E-state index is 0.293. The topological polar surface area (TPSA) is 50.7 Å². The van der Waals surface area contributed by atoms with Crippen molar-refractivity contribution in [1.82, 2.24) is 5.43 Å². The molecule has 0 heterocycles. The van der Waals surface area contributed by atoms with E-state index in [9.17, 15) is 13.6 Å². The van der Waals surface area contributed by atoms with Crippen LogP contribution in [0.3, 0.4) is 0 Å². The maximum absolute atomic E-state index is 13.3. The van der Waals surface area contributed by atoms with E-state index in [4.69, 9.17) is 16.3 Å². The zero-order valence-electron chi connectivity index (χ0n) is 12.1. The summed E-state index contributed by atoms with van der Waals surface area (Å²) in [5.74, 6) is -1.62. The largest absolute Gasteiger partial charge is 0.484 e. The van der Waals surface area contributed by atoms with E-state index in [0.717, 1.165) is 23.9 Å². The average Bonchev–Trinajstić information content (AvgIpc) is 2.51. The Morgan fingerprint density at radius 1 is 1.30 bits per heavy atom. The number of hydrogen-bond acceptors (Lipinski definition) is 3. The summed E-state index contributed by atoms with van der Waals surface area (Å²) >= 11 is 5.88. The third-order valence-corrected chi connectivity index (χ3v) is 3.31. The van der Waals surface area contributed by atoms with Crippen molar-refractivity contribution < 1.29 is 18.3 Å². The van der Waals surface area contributed by atoms with Gasteiger partial charge in [0.2, 0.25) is 0 Å². The van der Waals surface area contributed by atoms with Gasteiger partial charge in [-0.3, -0.25) is 4.79 Å². The van der Waals surface area contributed by atoms with Gasteiger partial charge >= 0.3 is 0 Å². The molecule has 0 aromatic heterocycles. The molecular weight excluding hydrogens is 326 g/mol. The number of carbonyl (C=O) groups excluding carboxylic acids is 1. The predicted octanol–water partition coefficient (Wildman–Crippen LogP) is 3.46. The monoisotopic (exact) mass is 338 g/mol. The van der Waals surface area contributed by atoms with Crippen molar-refractivity contribution in [3.63, 3.8) is 0 Å². The zero-order valence-corrected chi connectivity index (χ0v) is 12.9. The van der Waals surface area contributed by atoms with E-state index < -0.39 is 17.5 Å². The van der Waals surface area contributed by atoms with Crippen LogP contribution in [0.4, 0.5) is 8.78 Å². The molecular formula is C16H13ClF2N2O2. The fraction of sp³-hybridized carbons (Fsp3) is 0.125. The molecule has 0 bridgehead atoms. The lowest BCUT2D eigenvalue weighted by Gasteiger charge is -2.06. The van der Waals surface area contributed by atoms with Gasteiger partial charge in [-0.15, -0.1) is 0 Å². The second kappa shape index (κ2) is 7.69. The van der Waals surface area contributed by atoms with E-state index in [1.165, 1.54) is 6.07 Å². The molecule has 23 heavy (non-hydrogen) atoms. The molecule has 0 saturated heterocycles. The van der Waals surface area contributed by atoms with Crippen molar-refractivity contribution in [1.29, 1.82) is 0 Å². The molecule has 1 N–H and O–H groups in total. The van der Waals surface area contributed by atoms with E-state index >= 15 is 0 Å². The summed E-state index contributed by atoms with van der Waals surface area (Å²) in [6, 6.07) is 8.40. The number of amides is 1. The van der Waals surface area contributed by atoms with Crippen molar-refractivity contribution in [2.45, 2.75) is 6.92 Å². The van der Waals surface area contributed by atoms with E-state index in [2.05, 4.69) is 10.5 Å². The molecule has 0 aliphatic carbocycles. The third-order valence-electron chi connectivity index (χ3n) is 2.88. The lowest BCUT2D eigenvalue weighted by Crippen LogP contribution is -2.24. The summed E-state index contributed by atoms with van der Waals surface area (Å²) in [6.07, 6.45) is 0.898. The van der Waals surface area contributed by atoms with Crippen LogP contribution in [0.1, 0.15) is 11.1 Å². The van der Waals surface area contributed by atoms with Crippen LogP contribution in [0.25, 0.3) is 0 Å². The van der Waals surface area contributed by atoms with Crippen LogP contribution in [-0.4, -0.2) is 18.7 Å². The first-order valence-electron chi connectivity index (χ1n) is 6.62. The molecule has 0 aliphatic heterocycles. The quantitative estimate of drug-likeness (QED) is 0.670. The molecule has 4 nitrogen and oxygen atoms in total. The molecule has 0 aliphatic rings. The van der Waals surface area contributed by atoms with Gasteiger partial charge in [-0.2, -0.15) is 5.10 Å². The van der Waals surface area contributed by atoms with E-state index in [-0.39, 0.29) is 12.2 Å². The number of hydrazone groups is 1. The number of rotatable bonds is 5. The molecule has 2 aromatic carbocycles. The SMILES string of the molecule is Cc1cc(OCC(=O)N/N=C\c2c(F)cccc2F)ccc1Cl. The summed E-state index contributed by atoms with van der Waals surface area (Å²) in [5, 5.41) is 4.10. The highest BCUT2D eigenvalue weighted by Crippen LogP contribution is 2.20. The molecule has 7 heteroatoms. The summed E-state index contributed by atoms with van der Waals surface area (Å²) in [6.45, 7) is 1.51. The molecule has 1 amide bonds. The van der Waals surface area contributed by atoms with Gasteiger partial charge in [0.15, 0.2) is 6.61 Å². The van der Waals surface area contributed by atoms with Crippen molar-refractivity contribution in [3.8, 4) is 5.75 Å². The number of nitrogens with one attached hydrogen (secondary N) is 1. The summed E-state index contributed by atoms with van der Waals surface area (Å²) in [4.78, 5) is 11.6. The van der Waals surface area contributed by atoms with Gasteiger partial charge in [0.05, 0.1) is 11.8 Å². The standard InChI is InChI=1S/C16H13ClF2N2O2/c1-10-7-11(5-6-13(10)17)23-9-16(22)21-20-8-12-14(18)3-2-4-15(12)19/h2-8H,9H2,1H3,(H,21,22)/b20-8-. The van der Waals surface area contributed by atoms with Gasteiger partial charge in [-0.25, -0.2) is 14.2 Å². The lowest BCUT2D eigenvalue weighted by atomic mass is 10.2. The van der Waals surface area contributed by atoms with Crippen LogP contribution >= 0.6 is 11.6 Å². The van der Waals surface area contributed by atoms with Gasteiger partial charge in [0.25, 0.3) is 5.91 Å². The Morgan fingerprint density at radius 2 is 2.00 bits per heavy atom. The van der Waals surface area contributed by atoms with Gasteiger partial charge in [0.1, 0.15) is 17.4 Å². The average molecular weight is 339 g/mol. The number of nitrogens with zero attached hydrogens (tertiary/aromatic N) is 1. The molecule has 0 fully saturated rings. The second-order valence-corrected chi connectivity index (χ2v) is 5.04. The van der Waals surface area contributed by atoms with Gasteiger partial charge < -0.3 is 4.74 Å². The molecule has 120 valence electrons. The van der Waals surface area contributed by atoms with Crippen LogP contribution < -0.4 is 10.2 Å². The highest BCUT2D eigenvalue weighted by atomic mass is 35.5. The first-order chi connectivity index (χ1) is 11.0. The van der Waals surface area contributed by atoms with Crippen LogP contribution in [0.5, 0.6) is 5.75 Å². The number of benzene rings is 2. The Labute approximate surface area is 136 Å². The molecule has 0 unspecified atom stereocenters. The first kappa shape index (κ1) is 16.9. The third kappa shape index (κ3) is 4.75. The van der Waals surface area contributed by atoms with Gasteiger partial charge in [-0.05, 0) is 42.8 Å². The second-order valence-electron chi connectivity index (χ2n) is 4.63. The minimum atomic E-state index is -0.768. The highest BCUT2D eigenvalue weighted by molar-refractivity contribution is 6.31. The van der Waals surface area contributed by atoms with E-state index in [0.29, 0.717) is 10.8 Å². The predicted molar refractivity (Wildman–Crippen MR) is 83.8 cm³/mol. The minimum Gasteiger partial charge on any atom is -0.484 e. The van der Waals surface area contributed by atoms with Crippen LogP contribution in [0, 0.1) is 18.6 Å². The zero-order chi connectivity index (χ0) is 16.8. The molecule has 2 aromatic rings. The number of carbonyl (C=O) groups is 1. The van der Waals surface area contributed by atoms with Crippen molar-refractivity contribution >= 4 is 23.7 Å². The number of ether oxygens (including phenoxy) is 1.